The average molecular weight is 589 g/mol. The van der Waals surface area contributed by atoms with Crippen molar-refractivity contribution in [2.24, 2.45) is 23.8 Å². The van der Waals surface area contributed by atoms with Gasteiger partial charge in [-0.25, -0.2) is 14.2 Å². The molecule has 0 spiro atoms. The molecule has 12 heteroatoms. The average Bonchev–Trinajstić information content (AvgIpc) is 2.83. The fourth-order valence-corrected chi connectivity index (χ4v) is 6.72. The molecule has 9 nitrogen and oxygen atoms in total. The first-order valence-electron chi connectivity index (χ1n) is 13.5. The van der Waals surface area contributed by atoms with E-state index in [-0.39, 0.29) is 19.5 Å². The van der Waals surface area contributed by atoms with Gasteiger partial charge in [-0.3, -0.25) is 14.5 Å². The number of halogens is 3. The molecule has 2 N–H and O–H groups in total. The van der Waals surface area contributed by atoms with E-state index in [9.17, 15) is 37.5 Å². The van der Waals surface area contributed by atoms with Gasteiger partial charge in [0.15, 0.2) is 0 Å². The summed E-state index contributed by atoms with van der Waals surface area (Å²) >= 11 is 0. The Bertz CT molecular complexity index is 1620. The predicted octanol–water partition coefficient (Wildman–Crippen LogP) is 3.35. The summed E-state index contributed by atoms with van der Waals surface area (Å²) in [6, 6.07) is 10.1. The van der Waals surface area contributed by atoms with E-state index in [0.29, 0.717) is 22.0 Å². The Labute approximate surface area is 240 Å². The minimum Gasteiger partial charge on any atom is -0.480 e. The number of carboxylic acids is 1. The van der Waals surface area contributed by atoms with Crippen LogP contribution in [0.4, 0.5) is 13.2 Å². The lowest BCUT2D eigenvalue weighted by atomic mass is 9.61. The summed E-state index contributed by atoms with van der Waals surface area (Å²) in [6.07, 6.45) is -3.10. The number of hydrogen-bond donors (Lipinski definition) is 2. The molecule has 0 bridgehead atoms. The number of nitrogens with one attached hydrogen (secondary N) is 1. The maximum Gasteiger partial charge on any atom is 0.401 e. The topological polar surface area (TPSA) is 114 Å². The van der Waals surface area contributed by atoms with Crippen LogP contribution in [-0.2, 0) is 23.1 Å². The van der Waals surface area contributed by atoms with E-state index >= 15 is 0 Å². The third kappa shape index (κ3) is 6.28. The first-order valence-corrected chi connectivity index (χ1v) is 13.5. The summed E-state index contributed by atoms with van der Waals surface area (Å²) in [6.45, 7) is 5.85. The minimum atomic E-state index is -4.38. The molecule has 1 aliphatic rings. The van der Waals surface area contributed by atoms with Gasteiger partial charge < -0.3 is 15.0 Å². The van der Waals surface area contributed by atoms with Gasteiger partial charge in [-0.15, -0.1) is 0 Å². The van der Waals surface area contributed by atoms with Crippen LogP contribution < -0.4 is 16.6 Å². The second kappa shape index (κ2) is 11.0. The lowest BCUT2D eigenvalue weighted by molar-refractivity contribution is -0.170. The molecule has 1 atom stereocenters. The van der Waals surface area contributed by atoms with Crippen LogP contribution in [0.2, 0.25) is 0 Å². The van der Waals surface area contributed by atoms with E-state index in [4.69, 9.17) is 0 Å². The number of carbonyl (C=O) groups excluding carboxylic acids is 1. The number of nitrogens with zero attached hydrogens (tertiary/aromatic N) is 3. The number of likely N-dealkylation sites (tertiary alicyclic amines) is 1. The van der Waals surface area contributed by atoms with Gasteiger partial charge in [0.2, 0.25) is 5.91 Å². The van der Waals surface area contributed by atoms with Gasteiger partial charge in [-0.05, 0) is 27.8 Å². The molecule has 1 amide bonds. The second-order valence-corrected chi connectivity index (χ2v) is 12.4. The SMILES string of the molecule is Cn1ccc(=O)n(-c2cccc3c(C[C@H](NC(=O)C4C(C)(C)CN(CC(F)(F)F)CC4(C)C)C(=O)O)cccc23)c1=O. The van der Waals surface area contributed by atoms with E-state index in [1.165, 1.54) is 28.8 Å². The van der Waals surface area contributed by atoms with Crippen LogP contribution in [0.3, 0.4) is 0 Å². The van der Waals surface area contributed by atoms with Crippen molar-refractivity contribution in [3.8, 4) is 5.69 Å². The fraction of sp³-hybridized carbons (Fsp3) is 0.467. The molecule has 1 saturated heterocycles. The number of alkyl halides is 3. The highest BCUT2D eigenvalue weighted by atomic mass is 19.4. The number of aliphatic carboxylic acids is 1. The summed E-state index contributed by atoms with van der Waals surface area (Å²) in [5, 5.41) is 13.9. The third-order valence-corrected chi connectivity index (χ3v) is 7.91. The van der Waals surface area contributed by atoms with Crippen molar-refractivity contribution < 1.29 is 27.9 Å². The van der Waals surface area contributed by atoms with Crippen LogP contribution >= 0.6 is 0 Å². The summed E-state index contributed by atoms with van der Waals surface area (Å²) in [5.41, 5.74) is -1.89. The first-order chi connectivity index (χ1) is 19.4. The van der Waals surface area contributed by atoms with Crippen LogP contribution in [0.25, 0.3) is 16.5 Å². The van der Waals surface area contributed by atoms with Gasteiger partial charge in [-0.1, -0.05) is 58.0 Å². The van der Waals surface area contributed by atoms with Crippen LogP contribution in [0.15, 0.2) is 58.3 Å². The molecule has 0 radical (unpaired) electrons. The van der Waals surface area contributed by atoms with Crippen molar-refractivity contribution in [1.29, 1.82) is 0 Å². The molecule has 4 rings (SSSR count). The summed E-state index contributed by atoms with van der Waals surface area (Å²) in [5.74, 6) is -2.56. The molecule has 3 aromatic rings. The Kier molecular flexibility index (Phi) is 8.16. The summed E-state index contributed by atoms with van der Waals surface area (Å²) in [4.78, 5) is 52.7. The number of piperidine rings is 1. The van der Waals surface area contributed by atoms with Crippen LogP contribution in [0.5, 0.6) is 0 Å². The molecule has 42 heavy (non-hydrogen) atoms. The lowest BCUT2D eigenvalue weighted by Gasteiger charge is -2.52. The highest BCUT2D eigenvalue weighted by Crippen LogP contribution is 2.46. The summed E-state index contributed by atoms with van der Waals surface area (Å²) in [7, 11) is 1.53. The smallest absolute Gasteiger partial charge is 0.401 e. The molecular weight excluding hydrogens is 553 g/mol. The number of aryl methyl sites for hydroxylation is 1. The predicted molar refractivity (Wildman–Crippen MR) is 152 cm³/mol. The summed E-state index contributed by atoms with van der Waals surface area (Å²) < 4.78 is 41.7. The molecule has 1 aliphatic heterocycles. The van der Waals surface area contributed by atoms with Crippen LogP contribution in [0, 0.1) is 16.7 Å². The van der Waals surface area contributed by atoms with Crippen molar-refractivity contribution >= 4 is 22.6 Å². The molecule has 1 fully saturated rings. The van der Waals surface area contributed by atoms with Gasteiger partial charge in [0.05, 0.1) is 18.2 Å². The lowest BCUT2D eigenvalue weighted by Crippen LogP contribution is -2.62. The highest BCUT2D eigenvalue weighted by molar-refractivity contribution is 5.93. The third-order valence-electron chi connectivity index (χ3n) is 7.91. The van der Waals surface area contributed by atoms with Gasteiger partial charge in [-0.2, -0.15) is 13.2 Å². The second-order valence-electron chi connectivity index (χ2n) is 12.4. The number of hydrogen-bond acceptors (Lipinski definition) is 5. The Balaban J connectivity index is 1.65. The van der Waals surface area contributed by atoms with E-state index < -0.39 is 58.6 Å². The Hall–Kier alpha value is -3.93. The normalized spacial score (nSPS) is 18.1. The van der Waals surface area contributed by atoms with Crippen molar-refractivity contribution in [3.05, 3.63) is 75.1 Å². The quantitative estimate of drug-likeness (QED) is 0.438. The van der Waals surface area contributed by atoms with Crippen LogP contribution in [0.1, 0.15) is 33.3 Å². The zero-order chi connectivity index (χ0) is 31.2. The maximum absolute atomic E-state index is 13.6. The zero-order valence-corrected chi connectivity index (χ0v) is 24.2. The van der Waals surface area contributed by atoms with Crippen LogP contribution in [-0.4, -0.2) is 62.9 Å². The standard InChI is InChI=1S/C30H35F3N4O5/c1-28(2)15-36(17-30(31,32)33)16-29(3,4)24(28)25(39)34-21(26(40)41)14-18-8-6-10-20-19(18)9-7-11-22(20)37-23(38)12-13-35(5)27(37)42/h6-13,21,24H,14-17H2,1-5H3,(H,34,39)(H,40,41)/t21-/m0/s1. The maximum atomic E-state index is 13.6. The molecule has 2 heterocycles. The molecule has 2 aromatic carbocycles. The highest BCUT2D eigenvalue weighted by Gasteiger charge is 2.52. The van der Waals surface area contributed by atoms with Crippen molar-refractivity contribution in [2.75, 3.05) is 19.6 Å². The zero-order valence-electron chi connectivity index (χ0n) is 24.2. The number of amides is 1. The molecular formula is C30H35F3N4O5. The number of rotatable bonds is 7. The molecule has 0 unspecified atom stereocenters. The Morgan fingerprint density at radius 2 is 1.60 bits per heavy atom. The van der Waals surface area contributed by atoms with Gasteiger partial charge in [0, 0.05) is 44.2 Å². The van der Waals surface area contributed by atoms with Gasteiger partial charge in [0.25, 0.3) is 5.56 Å². The number of carbonyl (C=O) groups is 2. The van der Waals surface area contributed by atoms with E-state index in [0.717, 1.165) is 4.57 Å². The largest absolute Gasteiger partial charge is 0.480 e. The van der Waals surface area contributed by atoms with Crippen molar-refractivity contribution in [1.82, 2.24) is 19.4 Å². The fourth-order valence-electron chi connectivity index (χ4n) is 6.72. The Morgan fingerprint density at radius 3 is 2.19 bits per heavy atom. The van der Waals surface area contributed by atoms with E-state index in [2.05, 4.69) is 5.32 Å². The molecule has 0 saturated carbocycles. The number of benzene rings is 2. The molecule has 0 aliphatic carbocycles. The van der Waals surface area contributed by atoms with Gasteiger partial charge >= 0.3 is 17.8 Å². The monoisotopic (exact) mass is 588 g/mol. The Morgan fingerprint density at radius 1 is 1.00 bits per heavy atom. The van der Waals surface area contributed by atoms with Crippen molar-refractivity contribution in [3.63, 3.8) is 0 Å². The number of aromatic nitrogens is 2. The molecule has 226 valence electrons. The minimum absolute atomic E-state index is 0.0240. The van der Waals surface area contributed by atoms with Gasteiger partial charge in [0.1, 0.15) is 6.04 Å². The first kappa shape index (κ1) is 31.0. The number of fused-ring (bicyclic) bond motifs is 1. The van der Waals surface area contributed by atoms with E-state index in [1.807, 2.05) is 0 Å². The molecule has 1 aromatic heterocycles. The number of carboxylic acid groups (broad SMARTS) is 1. The van der Waals surface area contributed by atoms with Crippen molar-refractivity contribution in [2.45, 2.75) is 46.3 Å². The van der Waals surface area contributed by atoms with E-state index in [1.54, 1.807) is 64.1 Å².